The molecule has 13 heavy (non-hydrogen) atoms. The molecule has 4 heteroatoms. The molecule has 0 fully saturated rings. The number of fused-ring (bicyclic) bond motifs is 1. The van der Waals surface area contributed by atoms with E-state index in [2.05, 4.69) is 0 Å². The number of rotatable bonds is 1. The summed E-state index contributed by atoms with van der Waals surface area (Å²) in [6, 6.07) is 3.36. The highest BCUT2D eigenvalue weighted by Gasteiger charge is 2.21. The van der Waals surface area contributed by atoms with Crippen LogP contribution in [0.25, 0.3) is 0 Å². The first-order valence-electron chi connectivity index (χ1n) is 3.95. The third-order valence-corrected chi connectivity index (χ3v) is 2.13. The van der Waals surface area contributed by atoms with Gasteiger partial charge in [-0.2, -0.15) is 0 Å². The molecule has 0 amide bonds. The molecule has 0 aromatic heterocycles. The minimum absolute atomic E-state index is 0.190. The van der Waals surface area contributed by atoms with E-state index < -0.39 is 6.10 Å². The van der Waals surface area contributed by atoms with Gasteiger partial charge >= 0.3 is 0 Å². The van der Waals surface area contributed by atoms with Gasteiger partial charge in [0.05, 0.1) is 6.10 Å². The molecule has 1 heterocycles. The first-order valence-corrected chi connectivity index (χ1v) is 4.33. The smallest absolute Gasteiger partial charge is 0.231 e. The van der Waals surface area contributed by atoms with Gasteiger partial charge in [0.1, 0.15) is 0 Å². The standard InChI is InChI=1S/C9H9ClO3/c1-5(11)7-2-6(10)3-8-9(7)13-4-12-8/h2-3,5,11H,4H2,1H3. The molecular formula is C9H9ClO3. The number of aliphatic hydroxyl groups is 1. The number of benzene rings is 1. The van der Waals surface area contributed by atoms with E-state index in [4.69, 9.17) is 21.1 Å². The number of halogens is 1. The van der Waals surface area contributed by atoms with Crippen LogP contribution in [-0.4, -0.2) is 11.9 Å². The van der Waals surface area contributed by atoms with Crippen LogP contribution >= 0.6 is 11.6 Å². The van der Waals surface area contributed by atoms with Crippen LogP contribution in [0.5, 0.6) is 11.5 Å². The Morgan fingerprint density at radius 3 is 2.92 bits per heavy atom. The number of aliphatic hydroxyl groups excluding tert-OH is 1. The summed E-state index contributed by atoms with van der Waals surface area (Å²) in [4.78, 5) is 0. The number of hydrogen-bond acceptors (Lipinski definition) is 3. The van der Waals surface area contributed by atoms with Gasteiger partial charge in [0.15, 0.2) is 11.5 Å². The lowest BCUT2D eigenvalue weighted by Crippen LogP contribution is -1.96. The second-order valence-corrected chi connectivity index (χ2v) is 3.34. The maximum atomic E-state index is 9.42. The fourth-order valence-corrected chi connectivity index (χ4v) is 1.53. The number of hydrogen-bond donors (Lipinski definition) is 1. The molecule has 1 aliphatic heterocycles. The van der Waals surface area contributed by atoms with Crippen LogP contribution in [0.2, 0.25) is 5.02 Å². The van der Waals surface area contributed by atoms with Crippen LogP contribution in [0.15, 0.2) is 12.1 Å². The highest BCUT2D eigenvalue weighted by Crippen LogP contribution is 2.40. The number of ether oxygens (including phenoxy) is 2. The summed E-state index contributed by atoms with van der Waals surface area (Å²) in [5.74, 6) is 1.20. The van der Waals surface area contributed by atoms with Crippen molar-refractivity contribution in [3.8, 4) is 11.5 Å². The molecule has 1 N–H and O–H groups in total. The van der Waals surface area contributed by atoms with Crippen molar-refractivity contribution in [2.45, 2.75) is 13.0 Å². The first-order chi connectivity index (χ1) is 6.18. The quantitative estimate of drug-likeness (QED) is 0.755. The van der Waals surface area contributed by atoms with Crippen molar-refractivity contribution in [2.75, 3.05) is 6.79 Å². The summed E-state index contributed by atoms with van der Waals surface area (Å²) in [5.41, 5.74) is 0.667. The molecule has 2 rings (SSSR count). The fourth-order valence-electron chi connectivity index (χ4n) is 1.31. The molecule has 1 aliphatic rings. The van der Waals surface area contributed by atoms with E-state index in [-0.39, 0.29) is 6.79 Å². The molecule has 1 aromatic carbocycles. The minimum atomic E-state index is -0.603. The largest absolute Gasteiger partial charge is 0.454 e. The van der Waals surface area contributed by atoms with Crippen molar-refractivity contribution in [2.24, 2.45) is 0 Å². The molecule has 0 saturated carbocycles. The zero-order valence-electron chi connectivity index (χ0n) is 7.08. The Balaban J connectivity index is 2.55. The van der Waals surface area contributed by atoms with E-state index in [1.54, 1.807) is 19.1 Å². The van der Waals surface area contributed by atoms with Gasteiger partial charge in [-0.3, -0.25) is 0 Å². The van der Waals surface area contributed by atoms with Gasteiger partial charge in [0.2, 0.25) is 6.79 Å². The lowest BCUT2D eigenvalue weighted by molar-refractivity contribution is 0.164. The molecular weight excluding hydrogens is 192 g/mol. The van der Waals surface area contributed by atoms with Gasteiger partial charge in [-0.05, 0) is 13.0 Å². The minimum Gasteiger partial charge on any atom is -0.454 e. The van der Waals surface area contributed by atoms with Crippen molar-refractivity contribution in [1.29, 1.82) is 0 Å². The van der Waals surface area contributed by atoms with Gasteiger partial charge < -0.3 is 14.6 Å². The lowest BCUT2D eigenvalue weighted by Gasteiger charge is -2.08. The van der Waals surface area contributed by atoms with Crippen LogP contribution in [-0.2, 0) is 0 Å². The topological polar surface area (TPSA) is 38.7 Å². The Hall–Kier alpha value is -0.930. The molecule has 0 aliphatic carbocycles. The average Bonchev–Trinajstić information content (AvgIpc) is 2.49. The Bertz CT molecular complexity index is 336. The predicted molar refractivity (Wildman–Crippen MR) is 48.2 cm³/mol. The van der Waals surface area contributed by atoms with E-state index in [1.807, 2.05) is 0 Å². The monoisotopic (exact) mass is 200 g/mol. The molecule has 70 valence electrons. The fraction of sp³-hybridized carbons (Fsp3) is 0.333. The van der Waals surface area contributed by atoms with Crippen LogP contribution in [0.1, 0.15) is 18.6 Å². The second kappa shape index (κ2) is 3.09. The molecule has 0 saturated heterocycles. The molecule has 1 aromatic rings. The summed E-state index contributed by atoms with van der Waals surface area (Å²) in [6.45, 7) is 1.85. The van der Waals surface area contributed by atoms with E-state index in [0.717, 1.165) is 0 Å². The molecule has 1 atom stereocenters. The van der Waals surface area contributed by atoms with Gasteiger partial charge in [-0.1, -0.05) is 11.6 Å². The summed E-state index contributed by atoms with van der Waals surface area (Å²) < 4.78 is 10.4. The summed E-state index contributed by atoms with van der Waals surface area (Å²) in [5, 5.41) is 9.96. The second-order valence-electron chi connectivity index (χ2n) is 2.90. The Morgan fingerprint density at radius 1 is 1.46 bits per heavy atom. The summed E-state index contributed by atoms with van der Waals surface area (Å²) in [6.07, 6.45) is -0.603. The molecule has 0 bridgehead atoms. The highest BCUT2D eigenvalue weighted by atomic mass is 35.5. The Labute approximate surface area is 80.8 Å². The van der Waals surface area contributed by atoms with E-state index in [9.17, 15) is 5.11 Å². The molecule has 1 unspecified atom stereocenters. The van der Waals surface area contributed by atoms with Crippen molar-refractivity contribution in [3.05, 3.63) is 22.7 Å². The van der Waals surface area contributed by atoms with Crippen molar-refractivity contribution in [1.82, 2.24) is 0 Å². The van der Waals surface area contributed by atoms with E-state index in [1.165, 1.54) is 0 Å². The lowest BCUT2D eigenvalue weighted by atomic mass is 10.1. The zero-order valence-corrected chi connectivity index (χ0v) is 7.84. The van der Waals surface area contributed by atoms with E-state index >= 15 is 0 Å². The van der Waals surface area contributed by atoms with Gasteiger partial charge in [-0.15, -0.1) is 0 Å². The van der Waals surface area contributed by atoms with Gasteiger partial charge in [0.25, 0.3) is 0 Å². The predicted octanol–water partition coefficient (Wildman–Crippen LogP) is 2.12. The van der Waals surface area contributed by atoms with Crippen molar-refractivity contribution >= 4 is 11.6 Å². The van der Waals surface area contributed by atoms with E-state index in [0.29, 0.717) is 22.1 Å². The third-order valence-electron chi connectivity index (χ3n) is 1.92. The van der Waals surface area contributed by atoms with Gasteiger partial charge in [0, 0.05) is 16.7 Å². The molecule has 0 spiro atoms. The van der Waals surface area contributed by atoms with Crippen LogP contribution in [0, 0.1) is 0 Å². The average molecular weight is 201 g/mol. The highest BCUT2D eigenvalue weighted by molar-refractivity contribution is 6.30. The Morgan fingerprint density at radius 2 is 2.23 bits per heavy atom. The molecule has 0 radical (unpaired) electrons. The normalized spacial score (nSPS) is 15.9. The maximum Gasteiger partial charge on any atom is 0.231 e. The van der Waals surface area contributed by atoms with Crippen LogP contribution in [0.4, 0.5) is 0 Å². The maximum absolute atomic E-state index is 9.42. The van der Waals surface area contributed by atoms with Crippen LogP contribution in [0.3, 0.4) is 0 Å². The Kier molecular flexibility index (Phi) is 2.06. The zero-order chi connectivity index (χ0) is 9.42. The van der Waals surface area contributed by atoms with Crippen LogP contribution < -0.4 is 9.47 Å². The van der Waals surface area contributed by atoms with Gasteiger partial charge in [-0.25, -0.2) is 0 Å². The van der Waals surface area contributed by atoms with Crippen molar-refractivity contribution < 1.29 is 14.6 Å². The first kappa shape index (κ1) is 8.66. The molecule has 3 nitrogen and oxygen atoms in total. The summed E-state index contributed by atoms with van der Waals surface area (Å²) in [7, 11) is 0. The third kappa shape index (κ3) is 1.45. The SMILES string of the molecule is CC(O)c1cc(Cl)cc2c1OCO2. The van der Waals surface area contributed by atoms with Crippen molar-refractivity contribution in [3.63, 3.8) is 0 Å². The summed E-state index contributed by atoms with van der Waals surface area (Å²) >= 11 is 5.83.